The van der Waals surface area contributed by atoms with E-state index in [-0.39, 0.29) is 6.04 Å². The average Bonchev–Trinajstić information content (AvgIpc) is 2.91. The molecule has 0 aliphatic carbocycles. The summed E-state index contributed by atoms with van der Waals surface area (Å²) in [6, 6.07) is 1.55. The lowest BCUT2D eigenvalue weighted by atomic mass is 10.3. The molecule has 1 rings (SSSR count). The van der Waals surface area contributed by atoms with Gasteiger partial charge in [-0.1, -0.05) is 20.8 Å². The molecule has 0 fully saturated rings. The Bertz CT molecular complexity index is 509. The fourth-order valence-corrected chi connectivity index (χ4v) is 3.43. The molecule has 0 saturated carbocycles. The minimum atomic E-state index is -3.46. The van der Waals surface area contributed by atoms with Gasteiger partial charge in [0.2, 0.25) is 10.0 Å². The molecule has 0 saturated heterocycles. The largest absolute Gasteiger partial charge is 0.363 e. The normalized spacial score (nSPS) is 13.8. The predicted octanol–water partition coefficient (Wildman–Crippen LogP) is 1.13. The van der Waals surface area contributed by atoms with Gasteiger partial charge in [-0.2, -0.15) is 0 Å². The summed E-state index contributed by atoms with van der Waals surface area (Å²) in [5.74, 6) is 0. The highest BCUT2D eigenvalue weighted by Gasteiger charge is 2.19. The van der Waals surface area contributed by atoms with Crippen LogP contribution in [-0.2, 0) is 16.6 Å². The van der Waals surface area contributed by atoms with Gasteiger partial charge in [0.1, 0.15) is 0 Å². The molecule has 7 heteroatoms. The lowest BCUT2D eigenvalue weighted by Gasteiger charge is -2.23. The van der Waals surface area contributed by atoms with Crippen LogP contribution < -0.4 is 10.0 Å². The number of likely N-dealkylation sites (N-methyl/N-ethyl adjacent to an activating group) is 1. The number of rotatable bonds is 10. The van der Waals surface area contributed by atoms with Gasteiger partial charge in [-0.25, -0.2) is 13.1 Å². The van der Waals surface area contributed by atoms with Crippen molar-refractivity contribution < 1.29 is 8.42 Å². The highest BCUT2D eigenvalue weighted by atomic mass is 32.2. The molecule has 1 aromatic heterocycles. The second-order valence-corrected chi connectivity index (χ2v) is 6.86. The third-order valence-corrected chi connectivity index (χ3v) is 4.94. The Labute approximate surface area is 128 Å². The number of nitrogens with one attached hydrogen (secondary N) is 3. The molecule has 0 radical (unpaired) electrons. The summed E-state index contributed by atoms with van der Waals surface area (Å²) in [5, 5.41) is 3.16. The van der Waals surface area contributed by atoms with Gasteiger partial charge >= 0.3 is 0 Å². The summed E-state index contributed by atoms with van der Waals surface area (Å²) in [7, 11) is -3.46. The molecule has 1 heterocycles. The zero-order chi connectivity index (χ0) is 15.9. The van der Waals surface area contributed by atoms with Gasteiger partial charge in [-0.15, -0.1) is 0 Å². The Kier molecular flexibility index (Phi) is 7.37. The predicted molar refractivity (Wildman–Crippen MR) is 85.7 cm³/mol. The first-order chi connectivity index (χ1) is 9.92. The maximum Gasteiger partial charge on any atom is 0.242 e. The zero-order valence-electron chi connectivity index (χ0n) is 13.4. The highest BCUT2D eigenvalue weighted by molar-refractivity contribution is 7.89. The number of H-pyrrole nitrogens is 1. The lowest BCUT2D eigenvalue weighted by molar-refractivity contribution is 0.282. The van der Waals surface area contributed by atoms with Crippen LogP contribution in [0, 0.1) is 0 Å². The van der Waals surface area contributed by atoms with Crippen molar-refractivity contribution >= 4 is 10.0 Å². The maximum atomic E-state index is 12.3. The summed E-state index contributed by atoms with van der Waals surface area (Å²) < 4.78 is 27.4. The van der Waals surface area contributed by atoms with Gasteiger partial charge < -0.3 is 15.2 Å². The van der Waals surface area contributed by atoms with Crippen LogP contribution >= 0.6 is 0 Å². The van der Waals surface area contributed by atoms with Gasteiger partial charge in [-0.3, -0.25) is 0 Å². The summed E-state index contributed by atoms with van der Waals surface area (Å²) >= 11 is 0. The van der Waals surface area contributed by atoms with Crippen molar-refractivity contribution in [2.45, 2.75) is 45.2 Å². The topological polar surface area (TPSA) is 77.2 Å². The molecule has 0 spiro atoms. The number of sulfonamides is 1. The smallest absolute Gasteiger partial charge is 0.242 e. The van der Waals surface area contributed by atoms with Crippen molar-refractivity contribution in [1.82, 2.24) is 19.9 Å². The minimum absolute atomic E-state index is 0.123. The molecule has 1 atom stereocenters. The maximum absolute atomic E-state index is 12.3. The van der Waals surface area contributed by atoms with Crippen LogP contribution in [0.4, 0.5) is 0 Å². The average molecular weight is 316 g/mol. The summed E-state index contributed by atoms with van der Waals surface area (Å²) in [4.78, 5) is 5.48. The number of aromatic amines is 1. The molecule has 21 heavy (non-hydrogen) atoms. The Balaban J connectivity index is 2.65. The molecule has 0 amide bonds. The first-order valence-corrected chi connectivity index (χ1v) is 9.03. The molecule has 0 aliphatic rings. The number of hydrogen-bond donors (Lipinski definition) is 3. The molecule has 122 valence electrons. The van der Waals surface area contributed by atoms with Gasteiger partial charge in [0.15, 0.2) is 0 Å². The summed E-state index contributed by atoms with van der Waals surface area (Å²) in [6.45, 7) is 12.1. The Morgan fingerprint density at radius 2 is 1.95 bits per heavy atom. The lowest BCUT2D eigenvalue weighted by Crippen LogP contribution is -2.41. The molecule has 6 nitrogen and oxygen atoms in total. The molecule has 1 unspecified atom stereocenters. The monoisotopic (exact) mass is 316 g/mol. The first-order valence-electron chi connectivity index (χ1n) is 7.55. The quantitative estimate of drug-likeness (QED) is 0.605. The van der Waals surface area contributed by atoms with E-state index < -0.39 is 10.0 Å². The molecule has 3 N–H and O–H groups in total. The molecular weight excluding hydrogens is 288 g/mol. The van der Waals surface area contributed by atoms with E-state index in [1.807, 2.05) is 13.8 Å². The molecule has 1 aromatic rings. The van der Waals surface area contributed by atoms with Crippen LogP contribution in [0.15, 0.2) is 17.2 Å². The van der Waals surface area contributed by atoms with Crippen molar-refractivity contribution in [3.05, 3.63) is 18.0 Å². The second-order valence-electron chi connectivity index (χ2n) is 5.15. The molecular formula is C14H28N4O2S. The standard InChI is InChI=1S/C14H28N4O2S/c1-5-15-9-13-8-14(10-16-13)21(19,20)17-12(4)11-18(6-2)7-3/h8,10,12,15-17H,5-7,9,11H2,1-4H3. The van der Waals surface area contributed by atoms with E-state index in [0.717, 1.165) is 25.3 Å². The number of nitrogens with zero attached hydrogens (tertiary/aromatic N) is 1. The van der Waals surface area contributed by atoms with Crippen molar-refractivity contribution in [2.24, 2.45) is 0 Å². The Hall–Kier alpha value is -0.890. The van der Waals surface area contributed by atoms with Crippen molar-refractivity contribution in [1.29, 1.82) is 0 Å². The van der Waals surface area contributed by atoms with Crippen molar-refractivity contribution in [3.63, 3.8) is 0 Å². The molecule has 0 aromatic carbocycles. The van der Waals surface area contributed by atoms with Gasteiger partial charge in [0.05, 0.1) is 4.90 Å². The van der Waals surface area contributed by atoms with Crippen molar-refractivity contribution in [3.8, 4) is 0 Å². The fraction of sp³-hybridized carbons (Fsp3) is 0.714. The fourth-order valence-electron chi connectivity index (χ4n) is 2.18. The van der Waals surface area contributed by atoms with Crippen LogP contribution in [0.2, 0.25) is 0 Å². The van der Waals surface area contributed by atoms with Gasteiger partial charge in [0, 0.05) is 31.0 Å². The zero-order valence-corrected chi connectivity index (χ0v) is 14.3. The number of hydrogen-bond acceptors (Lipinski definition) is 4. The summed E-state index contributed by atoms with van der Waals surface area (Å²) in [5.41, 5.74) is 0.869. The Morgan fingerprint density at radius 1 is 1.29 bits per heavy atom. The van der Waals surface area contributed by atoms with E-state index in [4.69, 9.17) is 0 Å². The Morgan fingerprint density at radius 3 is 2.52 bits per heavy atom. The van der Waals surface area contributed by atoms with Crippen LogP contribution in [0.5, 0.6) is 0 Å². The molecule has 0 aliphatic heterocycles. The van der Waals surface area contributed by atoms with Crippen molar-refractivity contribution in [2.75, 3.05) is 26.2 Å². The third kappa shape index (κ3) is 5.78. The summed E-state index contributed by atoms with van der Waals surface area (Å²) in [6.07, 6.45) is 1.54. The van der Waals surface area contributed by atoms with E-state index in [1.54, 1.807) is 12.3 Å². The van der Waals surface area contributed by atoms with Gasteiger partial charge in [0.25, 0.3) is 0 Å². The van der Waals surface area contributed by atoms with Crippen LogP contribution in [0.3, 0.4) is 0 Å². The van der Waals surface area contributed by atoms with E-state index in [2.05, 4.69) is 33.8 Å². The minimum Gasteiger partial charge on any atom is -0.363 e. The number of aromatic nitrogens is 1. The molecule has 0 bridgehead atoms. The van der Waals surface area contributed by atoms with Crippen LogP contribution in [-0.4, -0.2) is 50.5 Å². The van der Waals surface area contributed by atoms with E-state index in [0.29, 0.717) is 18.0 Å². The highest BCUT2D eigenvalue weighted by Crippen LogP contribution is 2.11. The first kappa shape index (κ1) is 18.2. The van der Waals surface area contributed by atoms with E-state index in [9.17, 15) is 8.42 Å². The van der Waals surface area contributed by atoms with Crippen LogP contribution in [0.1, 0.15) is 33.4 Å². The van der Waals surface area contributed by atoms with Crippen LogP contribution in [0.25, 0.3) is 0 Å². The third-order valence-electron chi connectivity index (χ3n) is 3.37. The SMILES string of the molecule is CCNCc1cc(S(=O)(=O)NC(C)CN(CC)CC)c[nH]1. The van der Waals surface area contributed by atoms with E-state index in [1.165, 1.54) is 0 Å². The van der Waals surface area contributed by atoms with E-state index >= 15 is 0 Å². The second kappa shape index (κ2) is 8.53. The van der Waals surface area contributed by atoms with Gasteiger partial charge in [-0.05, 0) is 32.6 Å².